The summed E-state index contributed by atoms with van der Waals surface area (Å²) in [5.74, 6) is 1.46. The number of thioether (sulfide) groups is 1. The summed E-state index contributed by atoms with van der Waals surface area (Å²) < 4.78 is 6.23. The first kappa shape index (κ1) is 22.2. The number of hydrogen-bond acceptors (Lipinski definition) is 6. The molecule has 0 unspecified atom stereocenters. The number of amidine groups is 1. The van der Waals surface area contributed by atoms with Crippen molar-refractivity contribution in [2.45, 2.75) is 32.5 Å². The SMILES string of the molecule is CCCCSC1=NN2C(=c3ccccc3=N[C@@H]2c2ccccc2OCc2ccccc2)C(=O)N1. The number of amides is 1. The van der Waals surface area contributed by atoms with Gasteiger partial charge >= 0.3 is 0 Å². The smallest absolute Gasteiger partial charge is 0.276 e. The van der Waals surface area contributed by atoms with Gasteiger partial charge < -0.3 is 4.74 Å². The zero-order valence-corrected chi connectivity index (χ0v) is 19.8. The average molecular weight is 471 g/mol. The predicted molar refractivity (Wildman–Crippen MR) is 135 cm³/mol. The lowest BCUT2D eigenvalue weighted by molar-refractivity contribution is -0.116. The van der Waals surface area contributed by atoms with E-state index in [1.165, 1.54) is 0 Å². The largest absolute Gasteiger partial charge is 0.488 e. The van der Waals surface area contributed by atoms with Crippen LogP contribution in [-0.2, 0) is 11.4 Å². The number of carbonyl (C=O) groups is 1. The first-order valence-corrected chi connectivity index (χ1v) is 12.5. The topological polar surface area (TPSA) is 66.3 Å². The molecule has 0 bridgehead atoms. The van der Waals surface area contributed by atoms with Crippen molar-refractivity contribution in [3.8, 4) is 5.75 Å². The summed E-state index contributed by atoms with van der Waals surface area (Å²) in [5, 5.41) is 11.7. The molecule has 5 rings (SSSR count). The van der Waals surface area contributed by atoms with Gasteiger partial charge in [-0.2, -0.15) is 0 Å². The zero-order chi connectivity index (χ0) is 23.3. The van der Waals surface area contributed by atoms with Crippen LogP contribution in [0, 0.1) is 0 Å². The molecule has 0 radical (unpaired) electrons. The molecule has 172 valence electrons. The van der Waals surface area contributed by atoms with Crippen molar-refractivity contribution in [2.75, 3.05) is 5.75 Å². The molecular weight excluding hydrogens is 444 g/mol. The van der Waals surface area contributed by atoms with E-state index in [0.717, 1.165) is 46.0 Å². The van der Waals surface area contributed by atoms with Crippen LogP contribution >= 0.6 is 11.8 Å². The van der Waals surface area contributed by atoms with Gasteiger partial charge in [-0.3, -0.25) is 15.1 Å². The molecule has 2 heterocycles. The molecule has 0 saturated carbocycles. The molecule has 7 heteroatoms. The van der Waals surface area contributed by atoms with E-state index in [1.807, 2.05) is 78.9 Å². The van der Waals surface area contributed by atoms with Gasteiger partial charge in [-0.05, 0) is 24.1 Å². The molecule has 6 nitrogen and oxygen atoms in total. The van der Waals surface area contributed by atoms with Crippen LogP contribution in [0.2, 0.25) is 0 Å². The van der Waals surface area contributed by atoms with Crippen LogP contribution in [0.3, 0.4) is 0 Å². The lowest BCUT2D eigenvalue weighted by Crippen LogP contribution is -2.50. The summed E-state index contributed by atoms with van der Waals surface area (Å²) in [7, 11) is 0. The van der Waals surface area contributed by atoms with E-state index in [4.69, 9.17) is 14.8 Å². The third-order valence-electron chi connectivity index (χ3n) is 5.69. The number of benzene rings is 3. The standard InChI is InChI=1S/C27H26N4O2S/c1-2-3-17-34-27-29-26(32)24-20-13-7-9-15-22(20)28-25(31(24)30-27)21-14-8-10-16-23(21)33-18-19-11-5-4-6-12-19/h4-16,25H,2-3,17-18H2,1H3,(H,29,30,32)/t25-/m0/s1. The van der Waals surface area contributed by atoms with Crippen molar-refractivity contribution in [1.82, 2.24) is 10.3 Å². The molecule has 2 aliphatic heterocycles. The Hall–Kier alpha value is -3.58. The van der Waals surface area contributed by atoms with E-state index in [1.54, 1.807) is 16.8 Å². The molecular formula is C27H26N4O2S. The number of hydrazone groups is 1. The lowest BCUT2D eigenvalue weighted by atomic mass is 10.1. The fourth-order valence-corrected chi connectivity index (χ4v) is 4.91. The first-order valence-electron chi connectivity index (χ1n) is 11.5. The third-order valence-corrected chi connectivity index (χ3v) is 6.64. The number of carbonyl (C=O) groups excluding carboxylic acids is 1. The van der Waals surface area contributed by atoms with Crippen LogP contribution < -0.4 is 20.6 Å². The zero-order valence-electron chi connectivity index (χ0n) is 19.0. The molecule has 1 amide bonds. The minimum atomic E-state index is -0.510. The number of para-hydroxylation sites is 2. The summed E-state index contributed by atoms with van der Waals surface area (Å²) in [6.07, 6.45) is 1.64. The molecule has 2 aliphatic rings. The van der Waals surface area contributed by atoms with Crippen molar-refractivity contribution in [2.24, 2.45) is 10.1 Å². The Labute approximate surface area is 203 Å². The minimum Gasteiger partial charge on any atom is -0.488 e. The first-order chi connectivity index (χ1) is 16.7. The summed E-state index contributed by atoms with van der Waals surface area (Å²) in [6, 6.07) is 25.6. The highest BCUT2D eigenvalue weighted by Gasteiger charge is 2.35. The Morgan fingerprint density at radius 1 is 1.00 bits per heavy atom. The monoisotopic (exact) mass is 470 g/mol. The maximum Gasteiger partial charge on any atom is 0.276 e. The lowest BCUT2D eigenvalue weighted by Gasteiger charge is -2.34. The molecule has 34 heavy (non-hydrogen) atoms. The third kappa shape index (κ3) is 4.56. The van der Waals surface area contributed by atoms with E-state index >= 15 is 0 Å². The van der Waals surface area contributed by atoms with E-state index in [2.05, 4.69) is 12.2 Å². The van der Waals surface area contributed by atoms with Gasteiger partial charge in [-0.1, -0.05) is 91.8 Å². The number of fused-ring (bicyclic) bond motifs is 2. The predicted octanol–water partition coefficient (Wildman–Crippen LogP) is 3.94. The van der Waals surface area contributed by atoms with Crippen molar-refractivity contribution in [1.29, 1.82) is 0 Å². The highest BCUT2D eigenvalue weighted by atomic mass is 32.2. The molecule has 0 fully saturated rings. The number of nitrogens with zero attached hydrogens (tertiary/aromatic N) is 3. The van der Waals surface area contributed by atoms with Crippen molar-refractivity contribution in [3.05, 3.63) is 101 Å². The van der Waals surface area contributed by atoms with Crippen molar-refractivity contribution in [3.63, 3.8) is 0 Å². The van der Waals surface area contributed by atoms with Crippen LogP contribution in [0.25, 0.3) is 5.70 Å². The number of nitrogens with one attached hydrogen (secondary N) is 1. The van der Waals surface area contributed by atoms with Gasteiger partial charge in [0.25, 0.3) is 5.91 Å². The Morgan fingerprint density at radius 2 is 1.76 bits per heavy atom. The van der Waals surface area contributed by atoms with Gasteiger partial charge in [0.05, 0.1) is 5.36 Å². The fourth-order valence-electron chi connectivity index (χ4n) is 3.97. The van der Waals surface area contributed by atoms with Crippen LogP contribution in [-0.4, -0.2) is 21.8 Å². The Kier molecular flexibility index (Phi) is 6.62. The quantitative estimate of drug-likeness (QED) is 0.531. The molecule has 0 spiro atoms. The second-order valence-electron chi connectivity index (χ2n) is 8.09. The molecule has 1 N–H and O–H groups in total. The summed E-state index contributed by atoms with van der Waals surface area (Å²) in [4.78, 5) is 18.3. The number of ether oxygens (including phenoxy) is 1. The van der Waals surface area contributed by atoms with E-state index in [0.29, 0.717) is 17.5 Å². The van der Waals surface area contributed by atoms with E-state index in [9.17, 15) is 4.79 Å². The van der Waals surface area contributed by atoms with Gasteiger partial charge in [-0.25, -0.2) is 5.01 Å². The normalized spacial score (nSPS) is 16.7. The average Bonchev–Trinajstić information content (AvgIpc) is 2.88. The molecule has 1 atom stereocenters. The Morgan fingerprint density at radius 3 is 2.62 bits per heavy atom. The van der Waals surface area contributed by atoms with Crippen LogP contribution in [0.1, 0.15) is 37.1 Å². The second-order valence-corrected chi connectivity index (χ2v) is 9.17. The van der Waals surface area contributed by atoms with Crippen LogP contribution in [0.4, 0.5) is 0 Å². The van der Waals surface area contributed by atoms with E-state index < -0.39 is 6.17 Å². The fraction of sp³-hybridized carbons (Fsp3) is 0.222. The van der Waals surface area contributed by atoms with Crippen molar-refractivity contribution < 1.29 is 9.53 Å². The number of rotatable bonds is 7. The van der Waals surface area contributed by atoms with Crippen LogP contribution in [0.5, 0.6) is 5.75 Å². The van der Waals surface area contributed by atoms with Crippen molar-refractivity contribution >= 4 is 28.5 Å². The maximum atomic E-state index is 13.2. The van der Waals surface area contributed by atoms with Gasteiger partial charge in [0, 0.05) is 16.5 Å². The van der Waals surface area contributed by atoms with Gasteiger partial charge in [0.1, 0.15) is 18.1 Å². The van der Waals surface area contributed by atoms with Gasteiger partial charge in [0.15, 0.2) is 11.3 Å². The highest BCUT2D eigenvalue weighted by molar-refractivity contribution is 8.13. The number of hydrogen-bond donors (Lipinski definition) is 1. The van der Waals surface area contributed by atoms with E-state index in [-0.39, 0.29) is 5.91 Å². The molecule has 0 aliphatic carbocycles. The number of unbranched alkanes of at least 4 members (excludes halogenated alkanes) is 1. The highest BCUT2D eigenvalue weighted by Crippen LogP contribution is 2.35. The minimum absolute atomic E-state index is 0.163. The summed E-state index contributed by atoms with van der Waals surface area (Å²) >= 11 is 1.56. The second kappa shape index (κ2) is 10.1. The maximum absolute atomic E-state index is 13.2. The summed E-state index contributed by atoms with van der Waals surface area (Å²) in [6.45, 7) is 2.59. The van der Waals surface area contributed by atoms with Gasteiger partial charge in [0.2, 0.25) is 0 Å². The van der Waals surface area contributed by atoms with Gasteiger partial charge in [-0.15, -0.1) is 5.10 Å². The molecule has 3 aromatic rings. The Bertz CT molecular complexity index is 1340. The molecule has 0 aromatic heterocycles. The van der Waals surface area contributed by atoms with Crippen LogP contribution in [0.15, 0.2) is 89.0 Å². The summed E-state index contributed by atoms with van der Waals surface area (Å²) in [5.41, 5.74) is 2.45. The Balaban J connectivity index is 1.55. The molecule has 3 aromatic carbocycles. The molecule has 0 saturated heterocycles.